The van der Waals surface area contributed by atoms with Gasteiger partial charge in [0.1, 0.15) is 16.8 Å². The number of hydrogen-bond donors (Lipinski definition) is 2. The number of carboxylic acid groups (broad SMARTS) is 1. The first-order chi connectivity index (χ1) is 15.6. The Morgan fingerprint density at radius 1 is 1.21 bits per heavy atom. The van der Waals surface area contributed by atoms with Crippen molar-refractivity contribution in [1.29, 1.82) is 0 Å². The van der Waals surface area contributed by atoms with Gasteiger partial charge in [0.2, 0.25) is 5.43 Å². The number of pyridine rings is 1. The van der Waals surface area contributed by atoms with Crippen molar-refractivity contribution in [2.24, 2.45) is 11.7 Å². The maximum Gasteiger partial charge on any atom is 0.341 e. The molecule has 2 aromatic carbocycles. The number of ether oxygens (including phenoxy) is 1. The van der Waals surface area contributed by atoms with Crippen LogP contribution in [0.5, 0.6) is 5.75 Å². The molecule has 0 spiro atoms. The van der Waals surface area contributed by atoms with Gasteiger partial charge in [0.25, 0.3) is 0 Å². The number of aromatic nitrogens is 1. The number of carbonyl (C=O) groups excluding carboxylic acids is 1. The first-order valence-corrected chi connectivity index (χ1v) is 10.4. The van der Waals surface area contributed by atoms with Crippen LogP contribution in [0.15, 0.2) is 41.3 Å². The van der Waals surface area contributed by atoms with Crippen LogP contribution < -0.4 is 20.8 Å². The molecule has 2 heterocycles. The number of ketones is 1. The van der Waals surface area contributed by atoms with E-state index in [9.17, 15) is 19.5 Å². The van der Waals surface area contributed by atoms with E-state index in [1.54, 1.807) is 29.2 Å². The molecule has 0 aliphatic carbocycles. The van der Waals surface area contributed by atoms with Gasteiger partial charge in [-0.25, -0.2) is 9.18 Å². The normalized spacial score (nSPS) is 18.0. The number of fused-ring (bicyclic) bond motifs is 1. The summed E-state index contributed by atoms with van der Waals surface area (Å²) in [6.07, 6.45) is 1.19. The fraction of sp³-hybridized carbons (Fsp3) is 0.292. The summed E-state index contributed by atoms with van der Waals surface area (Å²) >= 11 is 0. The smallest absolute Gasteiger partial charge is 0.341 e. The lowest BCUT2D eigenvalue weighted by molar-refractivity contribution is 0.0694. The number of Topliss-reactive ketones (excluding diaryl/α,β-unsaturated/α-hetero) is 1. The van der Waals surface area contributed by atoms with E-state index >= 15 is 4.39 Å². The van der Waals surface area contributed by atoms with Crippen molar-refractivity contribution in [1.82, 2.24) is 4.57 Å². The zero-order chi connectivity index (χ0) is 24.0. The number of anilines is 1. The van der Waals surface area contributed by atoms with Gasteiger partial charge >= 0.3 is 5.97 Å². The zero-order valence-corrected chi connectivity index (χ0v) is 18.5. The number of hydrogen-bond acceptors (Lipinski definition) is 6. The molecule has 4 rings (SSSR count). The Bertz CT molecular complexity index is 1320. The summed E-state index contributed by atoms with van der Waals surface area (Å²) in [6, 6.07) is 7.35. The molecule has 2 atom stereocenters. The summed E-state index contributed by atoms with van der Waals surface area (Å²) in [5.41, 5.74) is 6.17. The van der Waals surface area contributed by atoms with Crippen LogP contribution in [0, 0.1) is 11.7 Å². The average Bonchev–Trinajstić information content (AvgIpc) is 3.11. The molecule has 0 amide bonds. The SMILES string of the molecule is COc1c(N2C[C@@H](N)[C@@H](C)C2)c(F)cc2c(=O)c(C(=O)O)cn(-c3ccc(C(C)=O)cc3)c12. The number of halogens is 1. The predicted molar refractivity (Wildman–Crippen MR) is 122 cm³/mol. The third-order valence-electron chi connectivity index (χ3n) is 6.14. The quantitative estimate of drug-likeness (QED) is 0.571. The van der Waals surface area contributed by atoms with Gasteiger partial charge in [-0.2, -0.15) is 0 Å². The highest BCUT2D eigenvalue weighted by Gasteiger charge is 2.32. The molecular weight excluding hydrogens is 429 g/mol. The molecule has 0 saturated carbocycles. The molecule has 1 aliphatic rings. The van der Waals surface area contributed by atoms with Crippen LogP contribution in [-0.2, 0) is 0 Å². The molecule has 0 radical (unpaired) electrons. The Labute approximate surface area is 189 Å². The second-order valence-electron chi connectivity index (χ2n) is 8.33. The monoisotopic (exact) mass is 453 g/mol. The fourth-order valence-corrected chi connectivity index (χ4v) is 4.29. The maximum atomic E-state index is 15.4. The van der Waals surface area contributed by atoms with Crippen LogP contribution in [-0.4, -0.2) is 47.7 Å². The van der Waals surface area contributed by atoms with Crippen molar-refractivity contribution < 1.29 is 23.8 Å². The van der Waals surface area contributed by atoms with Crippen molar-refractivity contribution in [3.63, 3.8) is 0 Å². The van der Waals surface area contributed by atoms with E-state index in [0.717, 1.165) is 6.07 Å². The number of benzene rings is 2. The number of nitrogens with zero attached hydrogens (tertiary/aromatic N) is 2. The van der Waals surface area contributed by atoms with E-state index in [1.807, 2.05) is 6.92 Å². The number of rotatable bonds is 5. The van der Waals surface area contributed by atoms with E-state index in [-0.39, 0.29) is 40.1 Å². The van der Waals surface area contributed by atoms with Crippen LogP contribution in [0.4, 0.5) is 10.1 Å². The number of methoxy groups -OCH3 is 1. The zero-order valence-electron chi connectivity index (χ0n) is 18.5. The van der Waals surface area contributed by atoms with Crippen molar-refractivity contribution >= 4 is 28.3 Å². The molecule has 1 aromatic heterocycles. The van der Waals surface area contributed by atoms with E-state index in [2.05, 4.69) is 0 Å². The van der Waals surface area contributed by atoms with Crippen LogP contribution >= 0.6 is 0 Å². The molecule has 3 N–H and O–H groups in total. The van der Waals surface area contributed by atoms with Crippen molar-refractivity contribution in [3.8, 4) is 11.4 Å². The van der Waals surface area contributed by atoms with Crippen LogP contribution in [0.2, 0.25) is 0 Å². The van der Waals surface area contributed by atoms with E-state index < -0.39 is 22.8 Å². The first-order valence-electron chi connectivity index (χ1n) is 10.4. The number of carboxylic acids is 1. The van der Waals surface area contributed by atoms with Gasteiger partial charge in [-0.3, -0.25) is 9.59 Å². The van der Waals surface area contributed by atoms with E-state index in [4.69, 9.17) is 10.5 Å². The Morgan fingerprint density at radius 3 is 2.39 bits per heavy atom. The van der Waals surface area contributed by atoms with Crippen molar-refractivity contribution in [2.45, 2.75) is 19.9 Å². The Hall–Kier alpha value is -3.72. The van der Waals surface area contributed by atoms with Gasteiger partial charge in [-0.15, -0.1) is 0 Å². The third-order valence-corrected chi connectivity index (χ3v) is 6.14. The van der Waals surface area contributed by atoms with Gasteiger partial charge in [0.05, 0.1) is 12.5 Å². The molecule has 0 bridgehead atoms. The Morgan fingerprint density at radius 2 is 1.88 bits per heavy atom. The van der Waals surface area contributed by atoms with Gasteiger partial charge in [0, 0.05) is 36.6 Å². The summed E-state index contributed by atoms with van der Waals surface area (Å²) in [6.45, 7) is 4.32. The lowest BCUT2D eigenvalue weighted by Crippen LogP contribution is -2.29. The highest BCUT2D eigenvalue weighted by molar-refractivity contribution is 5.98. The molecule has 0 unspecified atom stereocenters. The average molecular weight is 453 g/mol. The number of aromatic carboxylic acids is 1. The lowest BCUT2D eigenvalue weighted by Gasteiger charge is -2.24. The van der Waals surface area contributed by atoms with Crippen LogP contribution in [0.3, 0.4) is 0 Å². The minimum absolute atomic E-state index is 0.107. The minimum atomic E-state index is -1.43. The summed E-state index contributed by atoms with van der Waals surface area (Å²) in [7, 11) is 1.37. The standard InChI is InChI=1S/C24H24FN3O5/c1-12-9-27(11-19(12)26)21-18(25)8-16-20(23(21)33-3)28(10-17(22(16)30)24(31)32)15-6-4-14(5-7-15)13(2)29/h4-8,10,12,19H,9,11,26H2,1-3H3,(H,31,32)/t12-,19+/m0/s1. The van der Waals surface area contributed by atoms with Gasteiger partial charge in [-0.1, -0.05) is 6.92 Å². The maximum absolute atomic E-state index is 15.4. The highest BCUT2D eigenvalue weighted by Crippen LogP contribution is 2.40. The third kappa shape index (κ3) is 3.74. The van der Waals surface area contributed by atoms with E-state index in [1.165, 1.54) is 24.8 Å². The Kier molecular flexibility index (Phi) is 5.67. The fourth-order valence-electron chi connectivity index (χ4n) is 4.29. The topological polar surface area (TPSA) is 115 Å². The second-order valence-corrected chi connectivity index (χ2v) is 8.33. The van der Waals surface area contributed by atoms with Gasteiger partial charge < -0.3 is 25.0 Å². The summed E-state index contributed by atoms with van der Waals surface area (Å²) in [4.78, 5) is 38.2. The van der Waals surface area contributed by atoms with Crippen molar-refractivity contribution in [3.05, 3.63) is 63.7 Å². The molecule has 8 nitrogen and oxygen atoms in total. The first kappa shape index (κ1) is 22.5. The Balaban J connectivity index is 2.08. The molecule has 172 valence electrons. The predicted octanol–water partition coefficient (Wildman–Crippen LogP) is 2.82. The van der Waals surface area contributed by atoms with Crippen LogP contribution in [0.25, 0.3) is 16.6 Å². The van der Waals surface area contributed by atoms with Crippen molar-refractivity contribution in [2.75, 3.05) is 25.1 Å². The molecular formula is C24H24FN3O5. The van der Waals surface area contributed by atoms with Gasteiger partial charge in [0.15, 0.2) is 17.3 Å². The molecule has 1 fully saturated rings. The summed E-state index contributed by atoms with van der Waals surface area (Å²) in [5.74, 6) is -2.02. The molecule has 9 heteroatoms. The molecule has 3 aromatic rings. The molecule has 1 aliphatic heterocycles. The molecule has 1 saturated heterocycles. The lowest BCUT2D eigenvalue weighted by atomic mass is 10.1. The minimum Gasteiger partial charge on any atom is -0.492 e. The van der Waals surface area contributed by atoms with Gasteiger partial charge in [-0.05, 0) is 43.2 Å². The summed E-state index contributed by atoms with van der Waals surface area (Å²) < 4.78 is 22.5. The highest BCUT2D eigenvalue weighted by atomic mass is 19.1. The van der Waals surface area contributed by atoms with E-state index in [0.29, 0.717) is 24.3 Å². The number of nitrogens with two attached hydrogens (primary N) is 1. The molecule has 33 heavy (non-hydrogen) atoms. The largest absolute Gasteiger partial charge is 0.492 e. The van der Waals surface area contributed by atoms with Crippen LogP contribution in [0.1, 0.15) is 34.6 Å². The number of carbonyl (C=O) groups is 2. The summed E-state index contributed by atoms with van der Waals surface area (Å²) in [5, 5.41) is 9.46. The second kappa shape index (κ2) is 8.32.